The molecule has 0 fully saturated rings. The SMILES string of the molecule is COc1ccc(-c2csc3nc(NC(=O)c4cccc(OC)c4)nn23)cc1. The van der Waals surface area contributed by atoms with Gasteiger partial charge in [0, 0.05) is 16.5 Å². The zero-order valence-electron chi connectivity index (χ0n) is 14.7. The molecule has 0 saturated carbocycles. The Morgan fingerprint density at radius 3 is 2.59 bits per heavy atom. The van der Waals surface area contributed by atoms with Crippen molar-refractivity contribution in [3.05, 3.63) is 59.5 Å². The van der Waals surface area contributed by atoms with Gasteiger partial charge >= 0.3 is 0 Å². The van der Waals surface area contributed by atoms with Gasteiger partial charge in [0.25, 0.3) is 11.9 Å². The smallest absolute Gasteiger partial charge is 0.258 e. The lowest BCUT2D eigenvalue weighted by molar-refractivity contribution is 0.102. The molecule has 0 bridgehead atoms. The van der Waals surface area contributed by atoms with E-state index >= 15 is 0 Å². The van der Waals surface area contributed by atoms with Crippen molar-refractivity contribution in [2.24, 2.45) is 0 Å². The maximum Gasteiger partial charge on any atom is 0.258 e. The van der Waals surface area contributed by atoms with Crippen molar-refractivity contribution >= 4 is 28.2 Å². The molecule has 0 aliphatic carbocycles. The van der Waals surface area contributed by atoms with Crippen LogP contribution in [0.4, 0.5) is 5.95 Å². The second-order valence-corrected chi connectivity index (χ2v) is 6.50. The highest BCUT2D eigenvalue weighted by molar-refractivity contribution is 7.15. The lowest BCUT2D eigenvalue weighted by Gasteiger charge is -2.04. The number of benzene rings is 2. The summed E-state index contributed by atoms with van der Waals surface area (Å²) >= 11 is 1.46. The molecule has 0 spiro atoms. The summed E-state index contributed by atoms with van der Waals surface area (Å²) in [6.45, 7) is 0. The Kier molecular flexibility index (Phi) is 4.47. The maximum absolute atomic E-state index is 12.4. The van der Waals surface area contributed by atoms with Crippen LogP contribution in [0.3, 0.4) is 0 Å². The Bertz CT molecular complexity index is 1100. The molecule has 1 N–H and O–H groups in total. The number of hydrogen-bond donors (Lipinski definition) is 1. The van der Waals surface area contributed by atoms with Gasteiger partial charge in [-0.2, -0.15) is 4.98 Å². The number of carbonyl (C=O) groups is 1. The van der Waals surface area contributed by atoms with Crippen molar-refractivity contribution in [2.75, 3.05) is 19.5 Å². The first-order valence-corrected chi connectivity index (χ1v) is 9.00. The van der Waals surface area contributed by atoms with Crippen LogP contribution in [0.15, 0.2) is 53.9 Å². The number of aromatic nitrogens is 3. The molecular formula is C19H16N4O3S. The fraction of sp³-hybridized carbons (Fsp3) is 0.105. The van der Waals surface area contributed by atoms with E-state index in [1.165, 1.54) is 11.3 Å². The number of thiazole rings is 1. The number of methoxy groups -OCH3 is 2. The van der Waals surface area contributed by atoms with E-state index in [0.717, 1.165) is 17.0 Å². The van der Waals surface area contributed by atoms with Gasteiger partial charge in [-0.05, 0) is 42.5 Å². The van der Waals surface area contributed by atoms with Crippen LogP contribution in [0.1, 0.15) is 10.4 Å². The van der Waals surface area contributed by atoms with Crippen molar-refractivity contribution in [2.45, 2.75) is 0 Å². The van der Waals surface area contributed by atoms with Crippen LogP contribution in [0.5, 0.6) is 11.5 Å². The van der Waals surface area contributed by atoms with E-state index in [2.05, 4.69) is 15.4 Å². The molecule has 0 radical (unpaired) electrons. The number of hydrogen-bond acceptors (Lipinski definition) is 6. The first-order chi connectivity index (χ1) is 13.2. The van der Waals surface area contributed by atoms with Crippen LogP contribution in [-0.4, -0.2) is 34.7 Å². The first kappa shape index (κ1) is 17.0. The molecule has 0 aliphatic heterocycles. The Hall–Kier alpha value is -3.39. The monoisotopic (exact) mass is 380 g/mol. The molecule has 7 nitrogen and oxygen atoms in total. The fourth-order valence-electron chi connectivity index (χ4n) is 2.63. The Morgan fingerprint density at radius 1 is 1.07 bits per heavy atom. The lowest BCUT2D eigenvalue weighted by atomic mass is 10.2. The highest BCUT2D eigenvalue weighted by atomic mass is 32.1. The molecule has 0 aliphatic rings. The number of fused-ring (bicyclic) bond motifs is 1. The van der Waals surface area contributed by atoms with E-state index in [9.17, 15) is 4.79 Å². The van der Waals surface area contributed by atoms with Crippen molar-refractivity contribution in [3.63, 3.8) is 0 Å². The second kappa shape index (κ2) is 7.08. The van der Waals surface area contributed by atoms with E-state index in [1.54, 1.807) is 43.0 Å². The Balaban J connectivity index is 1.60. The number of nitrogens with one attached hydrogen (secondary N) is 1. The summed E-state index contributed by atoms with van der Waals surface area (Å²) in [5.41, 5.74) is 2.35. The van der Waals surface area contributed by atoms with E-state index in [1.807, 2.05) is 29.6 Å². The number of rotatable bonds is 5. The van der Waals surface area contributed by atoms with Gasteiger partial charge < -0.3 is 9.47 Å². The minimum atomic E-state index is -0.293. The molecular weight excluding hydrogens is 364 g/mol. The quantitative estimate of drug-likeness (QED) is 0.571. The number of carbonyl (C=O) groups excluding carboxylic acids is 1. The van der Waals surface area contributed by atoms with Gasteiger partial charge in [0.05, 0.1) is 19.9 Å². The van der Waals surface area contributed by atoms with Crippen LogP contribution in [0.2, 0.25) is 0 Å². The van der Waals surface area contributed by atoms with Crippen LogP contribution in [0.25, 0.3) is 16.2 Å². The van der Waals surface area contributed by atoms with Crippen LogP contribution < -0.4 is 14.8 Å². The van der Waals surface area contributed by atoms with Gasteiger partial charge in [-0.25, -0.2) is 4.52 Å². The molecule has 0 unspecified atom stereocenters. The van der Waals surface area contributed by atoms with E-state index in [-0.39, 0.29) is 11.9 Å². The predicted molar refractivity (Wildman–Crippen MR) is 104 cm³/mol. The number of amides is 1. The van der Waals surface area contributed by atoms with Gasteiger partial charge in [0.2, 0.25) is 4.96 Å². The maximum atomic E-state index is 12.4. The number of nitrogens with zero attached hydrogens (tertiary/aromatic N) is 3. The summed E-state index contributed by atoms with van der Waals surface area (Å²) in [6, 6.07) is 14.6. The average Bonchev–Trinajstić information content (AvgIpc) is 3.28. The highest BCUT2D eigenvalue weighted by Crippen LogP contribution is 2.27. The molecule has 27 heavy (non-hydrogen) atoms. The van der Waals surface area contributed by atoms with Gasteiger partial charge in [-0.3, -0.25) is 10.1 Å². The van der Waals surface area contributed by atoms with Crippen molar-refractivity contribution < 1.29 is 14.3 Å². The summed E-state index contributed by atoms with van der Waals surface area (Å²) < 4.78 is 12.1. The zero-order valence-corrected chi connectivity index (χ0v) is 15.5. The molecule has 1 amide bonds. The summed E-state index contributed by atoms with van der Waals surface area (Å²) in [4.78, 5) is 17.5. The molecule has 4 aromatic rings. The van der Waals surface area contributed by atoms with Crippen LogP contribution in [-0.2, 0) is 0 Å². The molecule has 0 saturated heterocycles. The molecule has 2 aromatic carbocycles. The van der Waals surface area contributed by atoms with Crippen molar-refractivity contribution in [1.29, 1.82) is 0 Å². The number of anilines is 1. The summed E-state index contributed by atoms with van der Waals surface area (Å²) in [6.07, 6.45) is 0. The normalized spacial score (nSPS) is 10.7. The predicted octanol–water partition coefficient (Wildman–Crippen LogP) is 3.73. The average molecular weight is 380 g/mol. The van der Waals surface area contributed by atoms with E-state index in [0.29, 0.717) is 16.3 Å². The second-order valence-electron chi connectivity index (χ2n) is 5.67. The topological polar surface area (TPSA) is 77.8 Å². The Labute approximate surface area is 159 Å². The van der Waals surface area contributed by atoms with Gasteiger partial charge in [0.15, 0.2) is 0 Å². The Morgan fingerprint density at radius 2 is 1.85 bits per heavy atom. The summed E-state index contributed by atoms with van der Waals surface area (Å²) in [5, 5.41) is 9.13. The molecule has 0 atom stereocenters. The first-order valence-electron chi connectivity index (χ1n) is 8.12. The summed E-state index contributed by atoms with van der Waals surface area (Å²) in [7, 11) is 3.19. The van der Waals surface area contributed by atoms with Crippen LogP contribution in [0, 0.1) is 0 Å². The zero-order chi connectivity index (χ0) is 18.8. The van der Waals surface area contributed by atoms with Crippen molar-refractivity contribution in [1.82, 2.24) is 14.6 Å². The third-order valence-corrected chi connectivity index (χ3v) is 4.84. The molecule has 136 valence electrons. The minimum Gasteiger partial charge on any atom is -0.497 e. The molecule has 2 heterocycles. The highest BCUT2D eigenvalue weighted by Gasteiger charge is 2.14. The summed E-state index contributed by atoms with van der Waals surface area (Å²) in [5.74, 6) is 1.36. The molecule has 4 rings (SSSR count). The lowest BCUT2D eigenvalue weighted by Crippen LogP contribution is -2.13. The third kappa shape index (κ3) is 3.34. The fourth-order valence-corrected chi connectivity index (χ4v) is 3.46. The third-order valence-electron chi connectivity index (χ3n) is 4.02. The van der Waals surface area contributed by atoms with E-state index < -0.39 is 0 Å². The van der Waals surface area contributed by atoms with Gasteiger partial charge in [-0.15, -0.1) is 16.4 Å². The van der Waals surface area contributed by atoms with Crippen molar-refractivity contribution in [3.8, 4) is 22.8 Å². The van der Waals surface area contributed by atoms with Gasteiger partial charge in [-0.1, -0.05) is 6.07 Å². The standard InChI is InChI=1S/C19H16N4O3S/c1-25-14-8-6-12(7-9-14)16-11-27-19-21-18(22-23(16)19)20-17(24)13-4-3-5-15(10-13)26-2/h3-11H,1-2H3,(H,20,22,24). The molecule has 8 heteroatoms. The largest absolute Gasteiger partial charge is 0.497 e. The van der Waals surface area contributed by atoms with Gasteiger partial charge in [0.1, 0.15) is 11.5 Å². The molecule has 2 aromatic heterocycles. The van der Waals surface area contributed by atoms with E-state index in [4.69, 9.17) is 9.47 Å². The minimum absolute atomic E-state index is 0.254. The van der Waals surface area contributed by atoms with Crippen LogP contribution >= 0.6 is 11.3 Å². The number of ether oxygens (including phenoxy) is 2.